The molecule has 1 aliphatic heterocycles. The van der Waals surface area contributed by atoms with Crippen LogP contribution in [0.1, 0.15) is 4.88 Å². The molecule has 0 aliphatic carbocycles. The fraction of sp³-hybridized carbons (Fsp3) is 0.300. The standard InChI is InChI=1S/C10H10N4OS/c11-13-12-8-6-14(7-8)10(15)4-3-9-2-1-5-16-9/h1-5,8H,6-7H2/b4-3+. The topological polar surface area (TPSA) is 69.1 Å². The molecule has 0 bridgehead atoms. The van der Waals surface area contributed by atoms with E-state index >= 15 is 0 Å². The van der Waals surface area contributed by atoms with Crippen molar-refractivity contribution in [2.45, 2.75) is 6.04 Å². The first-order valence-electron chi connectivity index (χ1n) is 4.84. The minimum Gasteiger partial charge on any atom is -0.338 e. The third-order valence-electron chi connectivity index (χ3n) is 2.32. The molecule has 2 heterocycles. The predicted octanol–water partition coefficient (Wildman–Crippen LogP) is 2.28. The number of hydrogen-bond acceptors (Lipinski definition) is 3. The highest BCUT2D eigenvalue weighted by molar-refractivity contribution is 7.10. The second-order valence-corrected chi connectivity index (χ2v) is 4.43. The maximum absolute atomic E-state index is 11.6. The molecule has 0 spiro atoms. The molecule has 1 aliphatic rings. The van der Waals surface area contributed by atoms with Gasteiger partial charge in [-0.05, 0) is 23.1 Å². The Morgan fingerprint density at radius 3 is 3.12 bits per heavy atom. The molecule has 82 valence electrons. The number of nitrogens with zero attached hydrogens (tertiary/aromatic N) is 4. The number of rotatable bonds is 3. The number of carbonyl (C=O) groups excluding carboxylic acids is 1. The molecule has 1 fully saturated rings. The van der Waals surface area contributed by atoms with Crippen LogP contribution < -0.4 is 0 Å². The van der Waals surface area contributed by atoms with Gasteiger partial charge in [0.15, 0.2) is 0 Å². The number of thiophene rings is 1. The van der Waals surface area contributed by atoms with Gasteiger partial charge in [-0.25, -0.2) is 0 Å². The first-order valence-corrected chi connectivity index (χ1v) is 5.72. The quantitative estimate of drug-likeness (QED) is 0.342. The lowest BCUT2D eigenvalue weighted by Crippen LogP contribution is -2.51. The summed E-state index contributed by atoms with van der Waals surface area (Å²) >= 11 is 1.59. The van der Waals surface area contributed by atoms with Crippen molar-refractivity contribution in [1.29, 1.82) is 0 Å². The summed E-state index contributed by atoms with van der Waals surface area (Å²) in [5, 5.41) is 5.50. The first-order chi connectivity index (χ1) is 7.79. The van der Waals surface area contributed by atoms with Crippen molar-refractivity contribution in [2.75, 3.05) is 13.1 Å². The monoisotopic (exact) mass is 234 g/mol. The van der Waals surface area contributed by atoms with Crippen LogP contribution >= 0.6 is 11.3 Å². The van der Waals surface area contributed by atoms with Crippen LogP contribution in [0.15, 0.2) is 28.7 Å². The van der Waals surface area contributed by atoms with Crippen molar-refractivity contribution in [3.8, 4) is 0 Å². The minimum atomic E-state index is -0.0518. The van der Waals surface area contributed by atoms with E-state index in [0.29, 0.717) is 13.1 Å². The maximum Gasteiger partial charge on any atom is 0.246 e. The first kappa shape index (κ1) is 10.7. The smallest absolute Gasteiger partial charge is 0.246 e. The number of amides is 1. The molecule has 2 rings (SSSR count). The van der Waals surface area contributed by atoms with Crippen molar-refractivity contribution in [3.05, 3.63) is 38.9 Å². The van der Waals surface area contributed by atoms with E-state index in [2.05, 4.69) is 10.0 Å². The van der Waals surface area contributed by atoms with Crippen LogP contribution in [0.5, 0.6) is 0 Å². The number of carbonyl (C=O) groups is 1. The van der Waals surface area contributed by atoms with Gasteiger partial charge in [-0.15, -0.1) is 11.3 Å². The highest BCUT2D eigenvalue weighted by Gasteiger charge is 2.28. The Labute approximate surface area is 96.6 Å². The molecule has 0 atom stereocenters. The van der Waals surface area contributed by atoms with Gasteiger partial charge >= 0.3 is 0 Å². The molecule has 16 heavy (non-hydrogen) atoms. The Kier molecular flexibility index (Phi) is 3.24. The van der Waals surface area contributed by atoms with Gasteiger partial charge in [0.2, 0.25) is 5.91 Å². The number of azide groups is 1. The normalized spacial score (nSPS) is 15.9. The van der Waals surface area contributed by atoms with Gasteiger partial charge in [-0.3, -0.25) is 4.79 Å². The molecule has 1 amide bonds. The summed E-state index contributed by atoms with van der Waals surface area (Å²) < 4.78 is 0. The zero-order chi connectivity index (χ0) is 11.4. The van der Waals surface area contributed by atoms with E-state index in [1.807, 2.05) is 17.5 Å². The van der Waals surface area contributed by atoms with Crippen LogP contribution in [0.25, 0.3) is 16.5 Å². The average Bonchev–Trinajstić information content (AvgIpc) is 2.72. The molecule has 1 saturated heterocycles. The van der Waals surface area contributed by atoms with Gasteiger partial charge in [0, 0.05) is 29.0 Å². The highest BCUT2D eigenvalue weighted by atomic mass is 32.1. The Hall–Kier alpha value is -1.78. The molecule has 0 radical (unpaired) electrons. The van der Waals surface area contributed by atoms with Crippen molar-refractivity contribution in [1.82, 2.24) is 4.90 Å². The van der Waals surface area contributed by atoms with E-state index in [0.717, 1.165) is 4.88 Å². The van der Waals surface area contributed by atoms with Gasteiger partial charge in [0.1, 0.15) is 0 Å². The largest absolute Gasteiger partial charge is 0.338 e. The number of hydrogen-bond donors (Lipinski definition) is 0. The lowest BCUT2D eigenvalue weighted by molar-refractivity contribution is -0.129. The molecular formula is C10H10N4OS. The average molecular weight is 234 g/mol. The maximum atomic E-state index is 11.6. The second-order valence-electron chi connectivity index (χ2n) is 3.45. The van der Waals surface area contributed by atoms with E-state index in [9.17, 15) is 4.79 Å². The summed E-state index contributed by atoms with van der Waals surface area (Å²) in [5.74, 6) is -0.0298. The molecule has 0 aromatic carbocycles. The van der Waals surface area contributed by atoms with Crippen molar-refractivity contribution >= 4 is 23.3 Å². The van der Waals surface area contributed by atoms with Crippen LogP contribution in [0.2, 0.25) is 0 Å². The van der Waals surface area contributed by atoms with Crippen LogP contribution in [-0.2, 0) is 4.79 Å². The van der Waals surface area contributed by atoms with Crippen LogP contribution in [0.3, 0.4) is 0 Å². The third-order valence-corrected chi connectivity index (χ3v) is 3.16. The summed E-state index contributed by atoms with van der Waals surface area (Å²) in [6, 6.07) is 3.84. The predicted molar refractivity (Wildman–Crippen MR) is 62.9 cm³/mol. The Balaban J connectivity index is 1.84. The van der Waals surface area contributed by atoms with Gasteiger partial charge < -0.3 is 4.90 Å². The zero-order valence-corrected chi connectivity index (χ0v) is 9.30. The highest BCUT2D eigenvalue weighted by Crippen LogP contribution is 2.14. The van der Waals surface area contributed by atoms with E-state index in [1.165, 1.54) is 0 Å². The molecule has 5 nitrogen and oxygen atoms in total. The summed E-state index contributed by atoms with van der Waals surface area (Å²) in [7, 11) is 0. The Bertz CT molecular complexity index is 441. The Morgan fingerprint density at radius 1 is 1.69 bits per heavy atom. The van der Waals surface area contributed by atoms with E-state index in [4.69, 9.17) is 5.53 Å². The summed E-state index contributed by atoms with van der Waals surface area (Å²) in [6.45, 7) is 1.05. The van der Waals surface area contributed by atoms with Gasteiger partial charge in [-0.1, -0.05) is 11.2 Å². The van der Waals surface area contributed by atoms with Gasteiger partial charge in [0.05, 0.1) is 6.04 Å². The van der Waals surface area contributed by atoms with Crippen molar-refractivity contribution in [3.63, 3.8) is 0 Å². The molecule has 1 aromatic heterocycles. The molecule has 0 N–H and O–H groups in total. The number of likely N-dealkylation sites (tertiary alicyclic amines) is 1. The van der Waals surface area contributed by atoms with E-state index in [1.54, 1.807) is 28.4 Å². The third kappa shape index (κ3) is 2.42. The van der Waals surface area contributed by atoms with Crippen LogP contribution in [0, 0.1) is 0 Å². The molecule has 6 heteroatoms. The minimum absolute atomic E-state index is 0.0298. The summed E-state index contributed by atoms with van der Waals surface area (Å²) in [5.41, 5.74) is 8.20. The lowest BCUT2D eigenvalue weighted by Gasteiger charge is -2.35. The summed E-state index contributed by atoms with van der Waals surface area (Å²) in [6.07, 6.45) is 3.35. The fourth-order valence-corrected chi connectivity index (χ4v) is 2.04. The van der Waals surface area contributed by atoms with Crippen molar-refractivity contribution in [2.24, 2.45) is 5.11 Å². The second kappa shape index (κ2) is 4.83. The Morgan fingerprint density at radius 2 is 2.50 bits per heavy atom. The molecular weight excluding hydrogens is 224 g/mol. The molecule has 0 unspecified atom stereocenters. The molecule has 0 saturated carbocycles. The summed E-state index contributed by atoms with van der Waals surface area (Å²) in [4.78, 5) is 17.0. The van der Waals surface area contributed by atoms with E-state index in [-0.39, 0.29) is 11.9 Å². The SMILES string of the molecule is [N-]=[N+]=NC1CN(C(=O)/C=C/c2cccs2)C1. The van der Waals surface area contributed by atoms with Crippen LogP contribution in [-0.4, -0.2) is 29.9 Å². The van der Waals surface area contributed by atoms with E-state index < -0.39 is 0 Å². The fourth-order valence-electron chi connectivity index (χ4n) is 1.43. The zero-order valence-electron chi connectivity index (χ0n) is 8.48. The van der Waals surface area contributed by atoms with Gasteiger partial charge in [0.25, 0.3) is 0 Å². The lowest BCUT2D eigenvalue weighted by atomic mass is 10.1. The van der Waals surface area contributed by atoms with Gasteiger partial charge in [-0.2, -0.15) is 0 Å². The molecule has 1 aromatic rings. The van der Waals surface area contributed by atoms with Crippen molar-refractivity contribution < 1.29 is 4.79 Å². The van der Waals surface area contributed by atoms with Crippen LogP contribution in [0.4, 0.5) is 0 Å².